The number of carbonyl (C=O) groups is 1. The van der Waals surface area contributed by atoms with Gasteiger partial charge in [-0.3, -0.25) is 4.79 Å². The van der Waals surface area contributed by atoms with Crippen LogP contribution >= 0.6 is 36.2 Å². The predicted molar refractivity (Wildman–Crippen MR) is 113 cm³/mol. The quantitative estimate of drug-likeness (QED) is 0.744. The Morgan fingerprint density at radius 3 is 2.65 bits per heavy atom. The van der Waals surface area contributed by atoms with Gasteiger partial charge in [0, 0.05) is 35.9 Å². The first kappa shape index (κ1) is 22.9. The van der Waals surface area contributed by atoms with Gasteiger partial charge in [-0.2, -0.15) is 0 Å². The minimum Gasteiger partial charge on any atom is -0.356 e. The van der Waals surface area contributed by atoms with Crippen LogP contribution in [0.25, 0.3) is 11.3 Å². The number of nitrogens with two attached hydrogens (primary N) is 1. The average molecular weight is 416 g/mol. The molecule has 1 saturated carbocycles. The molecule has 0 unspecified atom stereocenters. The van der Waals surface area contributed by atoms with Gasteiger partial charge in [0.15, 0.2) is 0 Å². The molecule has 2 aromatic rings. The van der Waals surface area contributed by atoms with Gasteiger partial charge in [0.2, 0.25) is 5.91 Å². The summed E-state index contributed by atoms with van der Waals surface area (Å²) in [6, 6.07) is 10.4. The highest BCUT2D eigenvalue weighted by atomic mass is 35.5. The molecule has 0 saturated heterocycles. The summed E-state index contributed by atoms with van der Waals surface area (Å²) in [4.78, 5) is 18.0. The maximum atomic E-state index is 12.0. The van der Waals surface area contributed by atoms with Crippen molar-refractivity contribution in [2.24, 2.45) is 11.7 Å². The normalized spacial score (nSPS) is 18.7. The van der Waals surface area contributed by atoms with Crippen molar-refractivity contribution in [3.8, 4) is 11.3 Å². The number of nitrogens with one attached hydrogen (secondary N) is 1. The van der Waals surface area contributed by atoms with Crippen molar-refractivity contribution in [1.82, 2.24) is 10.3 Å². The minimum absolute atomic E-state index is 0. The number of rotatable bonds is 6. The molecule has 1 amide bonds. The van der Waals surface area contributed by atoms with Crippen molar-refractivity contribution in [3.63, 3.8) is 0 Å². The van der Waals surface area contributed by atoms with E-state index in [2.05, 4.69) is 24.4 Å². The summed E-state index contributed by atoms with van der Waals surface area (Å²) in [5.41, 5.74) is 8.24. The molecule has 0 bridgehead atoms. The lowest BCUT2D eigenvalue weighted by Gasteiger charge is -2.14. The van der Waals surface area contributed by atoms with E-state index < -0.39 is 0 Å². The third-order valence-corrected chi connectivity index (χ3v) is 5.75. The molecular formula is C19H27Cl2N3OS. The van der Waals surface area contributed by atoms with Crippen molar-refractivity contribution < 1.29 is 4.79 Å². The molecule has 1 aromatic heterocycles. The van der Waals surface area contributed by atoms with E-state index in [0.717, 1.165) is 41.9 Å². The molecule has 1 fully saturated rings. The summed E-state index contributed by atoms with van der Waals surface area (Å²) in [5, 5.41) is 4.09. The fraction of sp³-hybridized carbons (Fsp3) is 0.474. The van der Waals surface area contributed by atoms with E-state index in [4.69, 9.17) is 10.7 Å². The minimum atomic E-state index is 0. The monoisotopic (exact) mass is 415 g/mol. The largest absolute Gasteiger partial charge is 0.356 e. The molecule has 1 aliphatic rings. The number of thiazole rings is 1. The number of amides is 1. The van der Waals surface area contributed by atoms with Gasteiger partial charge < -0.3 is 11.1 Å². The lowest BCUT2D eigenvalue weighted by atomic mass is 10.00. The second-order valence-electron chi connectivity index (χ2n) is 6.54. The van der Waals surface area contributed by atoms with E-state index in [1.165, 1.54) is 4.88 Å². The first-order valence-corrected chi connectivity index (χ1v) is 9.49. The lowest BCUT2D eigenvalue weighted by molar-refractivity contribution is -0.122. The number of aryl methyl sites for hydroxylation is 1. The average Bonchev–Trinajstić information content (AvgIpc) is 3.14. The van der Waals surface area contributed by atoms with E-state index in [9.17, 15) is 4.79 Å². The summed E-state index contributed by atoms with van der Waals surface area (Å²) < 4.78 is 0. The number of nitrogens with zero attached hydrogens (tertiary/aromatic N) is 1. The molecule has 3 rings (SSSR count). The van der Waals surface area contributed by atoms with Crippen LogP contribution < -0.4 is 11.1 Å². The molecule has 0 spiro atoms. The van der Waals surface area contributed by atoms with Gasteiger partial charge in [0.1, 0.15) is 0 Å². The number of aromatic nitrogens is 1. The highest BCUT2D eigenvalue weighted by molar-refractivity contribution is 7.12. The SMILES string of the molecule is Cc1sc(CCNC(=O)C[C@@H]2CCC[C@H]2N)nc1-c1ccccc1.Cl.Cl. The molecule has 1 aliphatic carbocycles. The second-order valence-corrected chi connectivity index (χ2v) is 7.83. The first-order chi connectivity index (χ1) is 11.6. The summed E-state index contributed by atoms with van der Waals surface area (Å²) >= 11 is 1.71. The van der Waals surface area contributed by atoms with Gasteiger partial charge >= 0.3 is 0 Å². The third kappa shape index (κ3) is 5.95. The van der Waals surface area contributed by atoms with Crippen LogP contribution in [0.3, 0.4) is 0 Å². The Balaban J connectivity index is 0.00000169. The van der Waals surface area contributed by atoms with Crippen LogP contribution in [-0.4, -0.2) is 23.5 Å². The van der Waals surface area contributed by atoms with Crippen LogP contribution in [0.1, 0.15) is 35.6 Å². The van der Waals surface area contributed by atoms with Crippen LogP contribution in [0.4, 0.5) is 0 Å². The topological polar surface area (TPSA) is 68.0 Å². The Morgan fingerprint density at radius 1 is 1.27 bits per heavy atom. The molecule has 0 aliphatic heterocycles. The van der Waals surface area contributed by atoms with Crippen LogP contribution in [-0.2, 0) is 11.2 Å². The standard InChI is InChI=1S/C19H25N3OS.2ClH/c1-13-19(14-6-3-2-4-7-14)22-18(24-13)10-11-21-17(23)12-15-8-5-9-16(15)20;;/h2-4,6-7,15-16H,5,8-12,20H2,1H3,(H,21,23);2*1H/t15-,16+;;/m0../s1. The van der Waals surface area contributed by atoms with E-state index in [0.29, 0.717) is 18.9 Å². The van der Waals surface area contributed by atoms with Crippen molar-refractivity contribution in [2.45, 2.75) is 45.1 Å². The Hall–Kier alpha value is -1.14. The third-order valence-electron chi connectivity index (χ3n) is 4.71. The van der Waals surface area contributed by atoms with Crippen molar-refractivity contribution in [1.29, 1.82) is 0 Å². The molecule has 1 aromatic carbocycles. The number of benzene rings is 1. The molecule has 2 atom stereocenters. The molecule has 26 heavy (non-hydrogen) atoms. The van der Waals surface area contributed by atoms with Crippen LogP contribution in [0.15, 0.2) is 30.3 Å². The smallest absolute Gasteiger partial charge is 0.220 e. The zero-order chi connectivity index (χ0) is 16.9. The fourth-order valence-electron chi connectivity index (χ4n) is 3.36. The van der Waals surface area contributed by atoms with Gasteiger partial charge in [-0.05, 0) is 25.7 Å². The summed E-state index contributed by atoms with van der Waals surface area (Å²) in [6.45, 7) is 2.74. The maximum absolute atomic E-state index is 12.0. The van der Waals surface area contributed by atoms with Crippen LogP contribution in [0, 0.1) is 12.8 Å². The molecule has 3 N–H and O–H groups in total. The van der Waals surface area contributed by atoms with E-state index in [1.54, 1.807) is 11.3 Å². The van der Waals surface area contributed by atoms with E-state index in [-0.39, 0.29) is 36.8 Å². The molecular weight excluding hydrogens is 389 g/mol. The first-order valence-electron chi connectivity index (χ1n) is 8.67. The number of hydrogen-bond acceptors (Lipinski definition) is 4. The number of halogens is 2. The Bertz CT molecular complexity index is 693. The zero-order valence-corrected chi connectivity index (χ0v) is 17.4. The second kappa shape index (κ2) is 10.9. The maximum Gasteiger partial charge on any atom is 0.220 e. The molecule has 7 heteroatoms. The van der Waals surface area contributed by atoms with Crippen molar-refractivity contribution >= 4 is 42.1 Å². The van der Waals surface area contributed by atoms with Crippen LogP contribution in [0.5, 0.6) is 0 Å². The summed E-state index contributed by atoms with van der Waals surface area (Å²) in [6.07, 6.45) is 4.63. The Kier molecular flexibility index (Phi) is 9.58. The van der Waals surface area contributed by atoms with E-state index in [1.807, 2.05) is 18.2 Å². The summed E-state index contributed by atoms with van der Waals surface area (Å²) in [7, 11) is 0. The predicted octanol–water partition coefficient (Wildman–Crippen LogP) is 4.14. The lowest BCUT2D eigenvalue weighted by Crippen LogP contribution is -2.32. The number of hydrogen-bond donors (Lipinski definition) is 2. The van der Waals surface area contributed by atoms with Crippen LogP contribution in [0.2, 0.25) is 0 Å². The van der Waals surface area contributed by atoms with Gasteiger partial charge in [-0.1, -0.05) is 36.8 Å². The Labute approximate surface area is 171 Å². The molecule has 144 valence electrons. The zero-order valence-electron chi connectivity index (χ0n) is 14.9. The highest BCUT2D eigenvalue weighted by Crippen LogP contribution is 2.28. The van der Waals surface area contributed by atoms with Crippen molar-refractivity contribution in [3.05, 3.63) is 40.2 Å². The highest BCUT2D eigenvalue weighted by Gasteiger charge is 2.25. The van der Waals surface area contributed by atoms with Crippen molar-refractivity contribution in [2.75, 3.05) is 6.54 Å². The van der Waals surface area contributed by atoms with Gasteiger partial charge in [0.25, 0.3) is 0 Å². The van der Waals surface area contributed by atoms with E-state index >= 15 is 0 Å². The molecule has 4 nitrogen and oxygen atoms in total. The fourth-order valence-corrected chi connectivity index (χ4v) is 4.31. The van der Waals surface area contributed by atoms with Gasteiger partial charge in [0.05, 0.1) is 10.7 Å². The molecule has 1 heterocycles. The Morgan fingerprint density at radius 2 is 2.00 bits per heavy atom. The van der Waals surface area contributed by atoms with Gasteiger partial charge in [-0.15, -0.1) is 36.2 Å². The summed E-state index contributed by atoms with van der Waals surface area (Å²) in [5.74, 6) is 0.478. The van der Waals surface area contributed by atoms with Gasteiger partial charge in [-0.25, -0.2) is 4.98 Å². The molecule has 0 radical (unpaired) electrons. The number of carbonyl (C=O) groups excluding carboxylic acids is 1.